The van der Waals surface area contributed by atoms with E-state index >= 15 is 0 Å². The molecular formula is C36H70N+. The van der Waals surface area contributed by atoms with Crippen molar-refractivity contribution in [2.45, 2.75) is 195 Å². The lowest BCUT2D eigenvalue weighted by Gasteiger charge is -2.71. The van der Waals surface area contributed by atoms with Gasteiger partial charge in [-0.25, -0.2) is 0 Å². The molecule has 0 aromatic heterocycles. The van der Waals surface area contributed by atoms with E-state index in [2.05, 4.69) is 55.5 Å². The smallest absolute Gasteiger partial charge is 0.105 e. The average Bonchev–Trinajstić information content (AvgIpc) is 2.84. The van der Waals surface area contributed by atoms with Gasteiger partial charge < -0.3 is 4.48 Å². The van der Waals surface area contributed by atoms with Gasteiger partial charge in [-0.1, -0.05) is 93.4 Å². The van der Waals surface area contributed by atoms with Crippen molar-refractivity contribution in [3.63, 3.8) is 0 Å². The van der Waals surface area contributed by atoms with Crippen molar-refractivity contribution in [1.29, 1.82) is 0 Å². The van der Waals surface area contributed by atoms with Gasteiger partial charge in [-0.2, -0.15) is 0 Å². The van der Waals surface area contributed by atoms with Crippen molar-refractivity contribution in [2.75, 3.05) is 7.05 Å². The highest BCUT2D eigenvalue weighted by Crippen LogP contribution is 2.62. The molecule has 3 rings (SSSR count). The molecule has 0 aromatic carbocycles. The predicted molar refractivity (Wildman–Crippen MR) is 165 cm³/mol. The Hall–Kier alpha value is -0.0400. The van der Waals surface area contributed by atoms with E-state index in [9.17, 15) is 0 Å². The Bertz CT molecular complexity index is 645. The fraction of sp³-hybridized carbons (Fsp3) is 1.00. The van der Waals surface area contributed by atoms with Gasteiger partial charge in [-0.15, -0.1) is 0 Å². The van der Waals surface area contributed by atoms with E-state index in [0.29, 0.717) is 11.0 Å². The Labute approximate surface area is 234 Å². The molecular weight excluding hydrogens is 446 g/mol. The molecule has 3 fully saturated rings. The van der Waals surface area contributed by atoms with E-state index in [4.69, 9.17) is 0 Å². The Morgan fingerprint density at radius 2 is 1.32 bits per heavy atom. The molecule has 1 aliphatic heterocycles. The van der Waals surface area contributed by atoms with Crippen LogP contribution in [0.5, 0.6) is 0 Å². The number of likely N-dealkylation sites (tertiary alicyclic amines) is 1. The van der Waals surface area contributed by atoms with Crippen LogP contribution in [0.4, 0.5) is 0 Å². The lowest BCUT2D eigenvalue weighted by Crippen LogP contribution is -2.80. The summed E-state index contributed by atoms with van der Waals surface area (Å²) in [5.41, 5.74) is 0.943. The highest BCUT2D eigenvalue weighted by atomic mass is 15.5. The molecule has 1 saturated heterocycles. The number of hydrogen-bond acceptors (Lipinski definition) is 0. The van der Waals surface area contributed by atoms with Crippen LogP contribution >= 0.6 is 0 Å². The molecule has 0 N–H and O–H groups in total. The number of quaternary nitrogens is 1. The maximum Gasteiger partial charge on any atom is 0.105 e. The molecule has 2 aliphatic carbocycles. The number of rotatable bonds is 16. The van der Waals surface area contributed by atoms with Crippen LogP contribution in [0.25, 0.3) is 0 Å². The summed E-state index contributed by atoms with van der Waals surface area (Å²) in [7, 11) is 2.92. The van der Waals surface area contributed by atoms with Gasteiger partial charge in [-0.3, -0.25) is 0 Å². The van der Waals surface area contributed by atoms with E-state index in [1.54, 1.807) is 6.42 Å². The van der Waals surface area contributed by atoms with E-state index in [-0.39, 0.29) is 0 Å². The molecule has 0 aromatic rings. The number of piperidine rings is 1. The second-order valence-electron chi connectivity index (χ2n) is 14.7. The molecule has 0 spiro atoms. The van der Waals surface area contributed by atoms with Crippen molar-refractivity contribution >= 4 is 0 Å². The van der Waals surface area contributed by atoms with Crippen LogP contribution in [-0.4, -0.2) is 29.2 Å². The molecule has 3 aliphatic rings. The summed E-state index contributed by atoms with van der Waals surface area (Å²) < 4.78 is 1.49. The maximum absolute atomic E-state index is 2.92. The first-order valence-corrected chi connectivity index (χ1v) is 17.7. The van der Waals surface area contributed by atoms with Crippen LogP contribution in [0.3, 0.4) is 0 Å². The molecule has 0 amide bonds. The minimum absolute atomic E-state index is 0.438. The zero-order chi connectivity index (χ0) is 27.1. The lowest BCUT2D eigenvalue weighted by molar-refractivity contribution is -1.02. The van der Waals surface area contributed by atoms with Crippen LogP contribution < -0.4 is 0 Å². The molecule has 7 atom stereocenters. The fourth-order valence-electron chi connectivity index (χ4n) is 11.4. The van der Waals surface area contributed by atoms with Crippen LogP contribution in [0, 0.1) is 29.1 Å². The summed E-state index contributed by atoms with van der Waals surface area (Å²) in [5, 5.41) is 0. The molecule has 1 nitrogen and oxygen atoms in total. The molecule has 6 unspecified atom stereocenters. The molecule has 0 radical (unpaired) electrons. The SMILES string of the molecule is CCCCC1[C@@H](C2CCC2)CC2CC(C)CCC2[N+]1(C)C(CC)(CCC)C(CCC)(CCC)CCCC. The normalized spacial score (nSPS) is 34.5. The number of nitrogens with zero attached hydrogens (tertiary/aromatic N) is 1. The Morgan fingerprint density at radius 3 is 1.84 bits per heavy atom. The standard InChI is InChI=1S/C36H70N/c1-9-15-20-34-32(30-18-17-19-30)28-31-27-29(7)21-22-33(31)37(34,8)36(14-6,25-13-5)35(23-11-3,24-12-4)26-16-10-2/h29-34H,9-28H2,1-8H3/q+1/t29?,31?,32-,33?,34?,36?,37?/m1/s1. The first-order valence-electron chi connectivity index (χ1n) is 17.7. The fourth-order valence-corrected chi connectivity index (χ4v) is 11.4. The summed E-state index contributed by atoms with van der Waals surface area (Å²) >= 11 is 0. The molecule has 1 heteroatoms. The topological polar surface area (TPSA) is 0 Å². The van der Waals surface area contributed by atoms with Crippen molar-refractivity contribution in [3.05, 3.63) is 0 Å². The molecule has 0 bridgehead atoms. The van der Waals surface area contributed by atoms with Gasteiger partial charge >= 0.3 is 0 Å². The summed E-state index contributed by atoms with van der Waals surface area (Å²) in [4.78, 5) is 0. The second kappa shape index (κ2) is 14.0. The maximum atomic E-state index is 2.92. The zero-order valence-electron chi connectivity index (χ0n) is 27.1. The molecule has 37 heavy (non-hydrogen) atoms. The van der Waals surface area contributed by atoms with Crippen molar-refractivity contribution in [1.82, 2.24) is 0 Å². The van der Waals surface area contributed by atoms with E-state index in [1.807, 2.05) is 0 Å². The highest BCUT2D eigenvalue weighted by Gasteiger charge is 2.68. The van der Waals surface area contributed by atoms with Gasteiger partial charge in [-0.05, 0) is 82.5 Å². The first kappa shape index (κ1) is 31.5. The van der Waals surface area contributed by atoms with E-state index < -0.39 is 0 Å². The van der Waals surface area contributed by atoms with Crippen LogP contribution in [-0.2, 0) is 0 Å². The van der Waals surface area contributed by atoms with Crippen LogP contribution in [0.2, 0.25) is 0 Å². The Balaban J connectivity index is 2.27. The third-order valence-corrected chi connectivity index (χ3v) is 12.9. The van der Waals surface area contributed by atoms with Crippen molar-refractivity contribution in [2.24, 2.45) is 29.1 Å². The second-order valence-corrected chi connectivity index (χ2v) is 14.7. The monoisotopic (exact) mass is 517 g/mol. The minimum atomic E-state index is 0.438. The predicted octanol–water partition coefficient (Wildman–Crippen LogP) is 11.3. The Morgan fingerprint density at radius 1 is 0.676 bits per heavy atom. The molecule has 2 saturated carbocycles. The van der Waals surface area contributed by atoms with Crippen LogP contribution in [0.15, 0.2) is 0 Å². The number of fused-ring (bicyclic) bond motifs is 1. The Kier molecular flexibility index (Phi) is 11.9. The number of unbranched alkanes of at least 4 members (excludes halogenated alkanes) is 2. The summed E-state index contributed by atoms with van der Waals surface area (Å²) in [5.74, 6) is 3.96. The van der Waals surface area contributed by atoms with Gasteiger partial charge in [0.15, 0.2) is 0 Å². The lowest BCUT2D eigenvalue weighted by atomic mass is 9.52. The zero-order valence-corrected chi connectivity index (χ0v) is 27.1. The van der Waals surface area contributed by atoms with Gasteiger partial charge in [0.25, 0.3) is 0 Å². The van der Waals surface area contributed by atoms with Crippen molar-refractivity contribution < 1.29 is 4.48 Å². The van der Waals surface area contributed by atoms with Crippen molar-refractivity contribution in [3.8, 4) is 0 Å². The van der Waals surface area contributed by atoms with Gasteiger partial charge in [0.05, 0.1) is 19.1 Å². The first-order chi connectivity index (χ1) is 17.8. The van der Waals surface area contributed by atoms with Gasteiger partial charge in [0.2, 0.25) is 0 Å². The molecule has 218 valence electrons. The molecule has 1 heterocycles. The summed E-state index contributed by atoms with van der Waals surface area (Å²) in [6.45, 7) is 17.7. The minimum Gasteiger partial charge on any atom is -0.315 e. The van der Waals surface area contributed by atoms with Crippen LogP contribution in [0.1, 0.15) is 177 Å². The highest BCUT2D eigenvalue weighted by molar-refractivity contribution is 5.05. The number of hydrogen-bond donors (Lipinski definition) is 0. The largest absolute Gasteiger partial charge is 0.315 e. The third-order valence-electron chi connectivity index (χ3n) is 12.9. The van der Waals surface area contributed by atoms with E-state index in [1.165, 1.54) is 126 Å². The average molecular weight is 517 g/mol. The third kappa shape index (κ3) is 5.75. The quantitative estimate of drug-likeness (QED) is 0.179. The van der Waals surface area contributed by atoms with Gasteiger partial charge in [0, 0.05) is 30.1 Å². The summed E-state index contributed by atoms with van der Waals surface area (Å²) in [6.07, 6.45) is 29.2. The van der Waals surface area contributed by atoms with Gasteiger partial charge in [0.1, 0.15) is 5.54 Å². The summed E-state index contributed by atoms with van der Waals surface area (Å²) in [6, 6.07) is 1.82. The van der Waals surface area contributed by atoms with E-state index in [0.717, 1.165) is 35.8 Å².